The van der Waals surface area contributed by atoms with Crippen molar-refractivity contribution < 1.29 is 4.79 Å². The van der Waals surface area contributed by atoms with E-state index in [2.05, 4.69) is 5.32 Å². The predicted octanol–water partition coefficient (Wildman–Crippen LogP) is 1.39. The van der Waals surface area contributed by atoms with E-state index in [9.17, 15) is 9.59 Å². The van der Waals surface area contributed by atoms with Gasteiger partial charge >= 0.3 is 6.03 Å². The number of fused-ring (bicyclic) bond motifs is 4. The van der Waals surface area contributed by atoms with Gasteiger partial charge in [0.25, 0.3) is 5.56 Å². The predicted molar refractivity (Wildman–Crippen MR) is 76.8 cm³/mol. The largest absolute Gasteiger partial charge is 0.336 e. The van der Waals surface area contributed by atoms with E-state index in [-0.39, 0.29) is 23.6 Å². The summed E-state index contributed by atoms with van der Waals surface area (Å²) in [6.07, 6.45) is 1.08. The maximum atomic E-state index is 12.2. The van der Waals surface area contributed by atoms with E-state index in [1.165, 1.54) is 0 Å². The number of likely N-dealkylation sites (tertiary alicyclic amines) is 1. The molecule has 0 aromatic carbocycles. The first-order valence-corrected chi connectivity index (χ1v) is 7.30. The quantitative estimate of drug-likeness (QED) is 0.842. The summed E-state index contributed by atoms with van der Waals surface area (Å²) in [7, 11) is 0. The van der Waals surface area contributed by atoms with Crippen LogP contribution in [0.5, 0.6) is 0 Å². The van der Waals surface area contributed by atoms with Crippen LogP contribution in [0.2, 0.25) is 0 Å². The van der Waals surface area contributed by atoms with Gasteiger partial charge in [-0.25, -0.2) is 4.79 Å². The van der Waals surface area contributed by atoms with Crippen LogP contribution < -0.4 is 10.9 Å². The van der Waals surface area contributed by atoms with Crippen molar-refractivity contribution in [1.29, 1.82) is 0 Å². The molecule has 1 aromatic heterocycles. The van der Waals surface area contributed by atoms with Gasteiger partial charge in [-0.3, -0.25) is 4.79 Å². The number of rotatable bonds is 1. The van der Waals surface area contributed by atoms with Crippen molar-refractivity contribution in [3.8, 4) is 0 Å². The fraction of sp³-hybridized carbons (Fsp3) is 0.600. The van der Waals surface area contributed by atoms with Gasteiger partial charge in [-0.2, -0.15) is 0 Å². The number of pyridine rings is 1. The van der Waals surface area contributed by atoms with Crippen LogP contribution in [0, 0.1) is 5.92 Å². The van der Waals surface area contributed by atoms with E-state index < -0.39 is 0 Å². The molecule has 2 atom stereocenters. The first kappa shape index (κ1) is 13.2. The van der Waals surface area contributed by atoms with E-state index in [1.807, 2.05) is 35.4 Å². The number of hydrogen-bond donors (Lipinski definition) is 1. The van der Waals surface area contributed by atoms with E-state index in [0.29, 0.717) is 12.5 Å². The SMILES string of the molecule is CC(C)NC(=O)N1C[C@@H]2C[C@@H](C1)c1cccc(=O)n1C2. The summed E-state index contributed by atoms with van der Waals surface area (Å²) in [5.41, 5.74) is 1.16. The molecule has 3 heterocycles. The Hall–Kier alpha value is -1.78. The van der Waals surface area contributed by atoms with Crippen molar-refractivity contribution >= 4 is 6.03 Å². The Labute approximate surface area is 118 Å². The highest BCUT2D eigenvalue weighted by atomic mass is 16.2. The minimum atomic E-state index is 0.0152. The normalized spacial score (nSPS) is 24.4. The van der Waals surface area contributed by atoms with Gasteiger partial charge in [0.05, 0.1) is 0 Å². The Morgan fingerprint density at radius 1 is 1.30 bits per heavy atom. The van der Waals surface area contributed by atoms with Gasteiger partial charge in [0.15, 0.2) is 0 Å². The lowest BCUT2D eigenvalue weighted by Gasteiger charge is -2.42. The summed E-state index contributed by atoms with van der Waals surface area (Å²) in [5.74, 6) is 0.675. The molecule has 0 radical (unpaired) electrons. The number of amides is 2. The van der Waals surface area contributed by atoms with Gasteiger partial charge in [-0.1, -0.05) is 6.07 Å². The highest BCUT2D eigenvalue weighted by molar-refractivity contribution is 5.74. The fourth-order valence-corrected chi connectivity index (χ4v) is 3.40. The Bertz CT molecular complexity index is 579. The van der Waals surface area contributed by atoms with Gasteiger partial charge in [0.2, 0.25) is 0 Å². The van der Waals surface area contributed by atoms with Gasteiger partial charge < -0.3 is 14.8 Å². The fourth-order valence-electron chi connectivity index (χ4n) is 3.40. The zero-order valence-electron chi connectivity index (χ0n) is 12.0. The summed E-state index contributed by atoms with van der Waals surface area (Å²) in [6.45, 7) is 6.13. The minimum absolute atomic E-state index is 0.0152. The van der Waals surface area contributed by atoms with Gasteiger partial charge in [0, 0.05) is 43.4 Å². The summed E-state index contributed by atoms with van der Waals surface area (Å²) >= 11 is 0. The summed E-state index contributed by atoms with van der Waals surface area (Å²) in [6, 6.07) is 5.63. The average molecular weight is 275 g/mol. The number of carbonyl (C=O) groups excluding carboxylic acids is 1. The molecule has 1 aromatic rings. The van der Waals surface area contributed by atoms with Crippen LogP contribution in [-0.2, 0) is 6.54 Å². The number of piperidine rings is 1. The molecule has 2 aliphatic heterocycles. The van der Waals surface area contributed by atoms with Crippen LogP contribution in [0.25, 0.3) is 0 Å². The van der Waals surface area contributed by atoms with E-state index >= 15 is 0 Å². The minimum Gasteiger partial charge on any atom is -0.336 e. The Morgan fingerprint density at radius 3 is 2.85 bits per heavy atom. The number of nitrogens with one attached hydrogen (secondary N) is 1. The molecular weight excluding hydrogens is 254 g/mol. The first-order chi connectivity index (χ1) is 9.54. The van der Waals surface area contributed by atoms with E-state index in [0.717, 1.165) is 25.2 Å². The van der Waals surface area contributed by atoms with E-state index in [4.69, 9.17) is 0 Å². The Kier molecular flexibility index (Phi) is 3.28. The van der Waals surface area contributed by atoms with Crippen molar-refractivity contribution in [1.82, 2.24) is 14.8 Å². The summed E-state index contributed by atoms with van der Waals surface area (Å²) < 4.78 is 1.89. The third kappa shape index (κ3) is 2.32. The zero-order valence-corrected chi connectivity index (χ0v) is 12.0. The molecule has 108 valence electrons. The van der Waals surface area contributed by atoms with Crippen LogP contribution in [0.3, 0.4) is 0 Å². The molecule has 0 unspecified atom stereocenters. The second-order valence-electron chi connectivity index (χ2n) is 6.21. The second-order valence-corrected chi connectivity index (χ2v) is 6.21. The topological polar surface area (TPSA) is 54.3 Å². The average Bonchev–Trinajstić information content (AvgIpc) is 2.39. The van der Waals surface area contributed by atoms with Crippen molar-refractivity contribution in [3.05, 3.63) is 34.2 Å². The third-order valence-corrected chi connectivity index (χ3v) is 4.18. The summed E-state index contributed by atoms with van der Waals surface area (Å²) in [5, 5.41) is 2.96. The third-order valence-electron chi connectivity index (χ3n) is 4.18. The molecule has 2 amide bonds. The maximum absolute atomic E-state index is 12.2. The molecule has 2 aliphatic rings. The zero-order chi connectivity index (χ0) is 14.3. The van der Waals surface area contributed by atoms with Crippen LogP contribution in [-0.4, -0.2) is 34.6 Å². The molecule has 1 N–H and O–H groups in total. The molecule has 0 saturated carbocycles. The first-order valence-electron chi connectivity index (χ1n) is 7.30. The monoisotopic (exact) mass is 275 g/mol. The molecule has 0 spiro atoms. The lowest BCUT2D eigenvalue weighted by atomic mass is 9.83. The molecule has 5 heteroatoms. The van der Waals surface area contributed by atoms with Crippen molar-refractivity contribution in [2.75, 3.05) is 13.1 Å². The van der Waals surface area contributed by atoms with Crippen LogP contribution >= 0.6 is 0 Å². The smallest absolute Gasteiger partial charge is 0.317 e. The van der Waals surface area contributed by atoms with Crippen LogP contribution in [0.1, 0.15) is 31.9 Å². The lowest BCUT2D eigenvalue weighted by Crippen LogP contribution is -2.52. The van der Waals surface area contributed by atoms with Gasteiger partial charge in [-0.15, -0.1) is 0 Å². The Morgan fingerprint density at radius 2 is 2.10 bits per heavy atom. The lowest BCUT2D eigenvalue weighted by molar-refractivity contribution is 0.130. The molecule has 1 fully saturated rings. The number of carbonyl (C=O) groups is 1. The van der Waals surface area contributed by atoms with Crippen molar-refractivity contribution in [2.45, 2.75) is 38.8 Å². The van der Waals surface area contributed by atoms with Gasteiger partial charge in [0.1, 0.15) is 0 Å². The van der Waals surface area contributed by atoms with Crippen LogP contribution in [0.15, 0.2) is 23.0 Å². The molecule has 0 aliphatic carbocycles. The standard InChI is InChI=1S/C15H21N3O2/c1-10(2)16-15(20)17-7-11-6-12(9-17)13-4-3-5-14(19)18(13)8-11/h3-5,10-12H,6-9H2,1-2H3,(H,16,20)/t11-,12-/m0/s1. The highest BCUT2D eigenvalue weighted by Gasteiger charge is 2.36. The number of nitrogens with zero attached hydrogens (tertiary/aromatic N) is 2. The van der Waals surface area contributed by atoms with Crippen molar-refractivity contribution in [2.24, 2.45) is 5.92 Å². The van der Waals surface area contributed by atoms with Crippen LogP contribution in [0.4, 0.5) is 4.79 Å². The van der Waals surface area contributed by atoms with Crippen molar-refractivity contribution in [3.63, 3.8) is 0 Å². The second kappa shape index (κ2) is 4.96. The summed E-state index contributed by atoms with van der Waals surface area (Å²) in [4.78, 5) is 26.0. The molecular formula is C15H21N3O2. The number of aromatic nitrogens is 1. The van der Waals surface area contributed by atoms with Gasteiger partial charge in [-0.05, 0) is 32.3 Å². The molecule has 20 heavy (non-hydrogen) atoms. The van der Waals surface area contributed by atoms with E-state index in [1.54, 1.807) is 6.07 Å². The molecule has 5 nitrogen and oxygen atoms in total. The molecule has 3 rings (SSSR count). The maximum Gasteiger partial charge on any atom is 0.317 e. The molecule has 1 saturated heterocycles. The molecule has 2 bridgehead atoms. The number of hydrogen-bond acceptors (Lipinski definition) is 2. The Balaban J connectivity index is 1.84. The number of urea groups is 1. The highest BCUT2D eigenvalue weighted by Crippen LogP contribution is 2.34.